The number of hydrazone groups is 1. The van der Waals surface area contributed by atoms with Gasteiger partial charge in [0.1, 0.15) is 0 Å². The maximum Gasteiger partial charge on any atom is 0.234 e. The third-order valence-electron chi connectivity index (χ3n) is 3.51. The normalized spacial score (nSPS) is 12.2. The van der Waals surface area contributed by atoms with E-state index in [2.05, 4.69) is 32.9 Å². The van der Waals surface area contributed by atoms with E-state index >= 15 is 0 Å². The quantitative estimate of drug-likeness (QED) is 0.503. The van der Waals surface area contributed by atoms with Crippen molar-refractivity contribution in [3.63, 3.8) is 0 Å². The lowest BCUT2D eigenvalue weighted by Gasteiger charge is -2.03. The average molecular weight is 343 g/mol. The minimum absolute atomic E-state index is 0.0472. The highest BCUT2D eigenvalue weighted by Gasteiger charge is 2.00. The van der Waals surface area contributed by atoms with Crippen LogP contribution in [0.1, 0.15) is 36.1 Å². The molecule has 2 aromatic carbocycles. The SMILES string of the molecule is C/C(=N/N=C(/N)N/N=C(/C)c1ccc(C#N)cc1)c1ccc(C#N)cc1. The number of nitrogens with one attached hydrogen (secondary N) is 1. The topological polar surface area (TPSA) is 123 Å². The molecule has 2 rings (SSSR count). The summed E-state index contributed by atoms with van der Waals surface area (Å²) in [5, 5.41) is 29.7. The van der Waals surface area contributed by atoms with Crippen LogP contribution < -0.4 is 11.2 Å². The fourth-order valence-corrected chi connectivity index (χ4v) is 1.99. The molecule has 2 aromatic rings. The number of nitrogens with two attached hydrogens (primary N) is 1. The van der Waals surface area contributed by atoms with E-state index in [-0.39, 0.29) is 5.96 Å². The molecule has 0 fully saturated rings. The molecule has 7 heteroatoms. The van der Waals surface area contributed by atoms with Gasteiger partial charge in [-0.1, -0.05) is 24.3 Å². The van der Waals surface area contributed by atoms with E-state index in [1.54, 1.807) is 55.5 Å². The molecule has 0 bridgehead atoms. The monoisotopic (exact) mass is 343 g/mol. The molecule has 26 heavy (non-hydrogen) atoms. The zero-order chi connectivity index (χ0) is 18.9. The van der Waals surface area contributed by atoms with Crippen LogP contribution in [0, 0.1) is 22.7 Å². The molecule has 0 aromatic heterocycles. The smallest absolute Gasteiger partial charge is 0.234 e. The summed E-state index contributed by atoms with van der Waals surface area (Å²) in [7, 11) is 0. The van der Waals surface area contributed by atoms with Crippen LogP contribution in [0.2, 0.25) is 0 Å². The molecule has 0 saturated heterocycles. The Kier molecular flexibility index (Phi) is 6.19. The van der Waals surface area contributed by atoms with Crippen molar-refractivity contribution in [2.45, 2.75) is 13.8 Å². The zero-order valence-corrected chi connectivity index (χ0v) is 14.4. The van der Waals surface area contributed by atoms with Gasteiger partial charge in [-0.3, -0.25) is 0 Å². The van der Waals surface area contributed by atoms with Crippen LogP contribution in [0.25, 0.3) is 0 Å². The van der Waals surface area contributed by atoms with E-state index in [4.69, 9.17) is 16.3 Å². The molecule has 0 aliphatic rings. The second-order valence-electron chi connectivity index (χ2n) is 5.36. The fourth-order valence-electron chi connectivity index (χ4n) is 1.99. The Morgan fingerprint density at radius 3 is 1.73 bits per heavy atom. The summed E-state index contributed by atoms with van der Waals surface area (Å²) in [4.78, 5) is 0. The molecule has 0 atom stereocenters. The maximum atomic E-state index is 8.80. The van der Waals surface area contributed by atoms with Crippen molar-refractivity contribution in [1.29, 1.82) is 10.5 Å². The molecular formula is C19H17N7. The van der Waals surface area contributed by atoms with Crippen molar-refractivity contribution in [1.82, 2.24) is 5.43 Å². The van der Waals surface area contributed by atoms with E-state index in [1.165, 1.54) is 0 Å². The molecule has 0 heterocycles. The van der Waals surface area contributed by atoms with Crippen LogP contribution in [-0.4, -0.2) is 17.4 Å². The predicted octanol–water partition coefficient (Wildman–Crippen LogP) is 2.48. The molecular weight excluding hydrogens is 326 g/mol. The van der Waals surface area contributed by atoms with Crippen LogP contribution in [0.4, 0.5) is 0 Å². The average Bonchev–Trinajstić information content (AvgIpc) is 2.70. The van der Waals surface area contributed by atoms with E-state index in [0.29, 0.717) is 22.6 Å². The summed E-state index contributed by atoms with van der Waals surface area (Å²) >= 11 is 0. The fraction of sp³-hybridized carbons (Fsp3) is 0.105. The number of nitriles is 2. The first-order valence-electron chi connectivity index (χ1n) is 7.72. The number of rotatable bonds is 4. The highest BCUT2D eigenvalue weighted by Crippen LogP contribution is 2.06. The zero-order valence-electron chi connectivity index (χ0n) is 14.4. The Labute approximate surface area is 151 Å². The number of guanidine groups is 1. The van der Waals surface area contributed by atoms with Crippen LogP contribution in [0.15, 0.2) is 63.8 Å². The highest BCUT2D eigenvalue weighted by atomic mass is 15.4. The van der Waals surface area contributed by atoms with Crippen molar-refractivity contribution in [2.75, 3.05) is 0 Å². The van der Waals surface area contributed by atoms with Gasteiger partial charge in [-0.15, -0.1) is 5.10 Å². The summed E-state index contributed by atoms with van der Waals surface area (Å²) in [6.07, 6.45) is 0. The minimum atomic E-state index is 0.0472. The standard InChI is InChI=1S/C19H17N7/c1-13(17-7-3-15(11-20)4-8-17)23-25-19(22)26-24-14(2)18-9-5-16(12-21)6-10-18/h3-10H,1-2H3,(H3,22,25,26)/b23-13-,24-14-. The van der Waals surface area contributed by atoms with Crippen molar-refractivity contribution in [3.8, 4) is 12.1 Å². The van der Waals surface area contributed by atoms with Crippen molar-refractivity contribution in [2.24, 2.45) is 21.0 Å². The molecule has 0 radical (unpaired) electrons. The van der Waals surface area contributed by atoms with Gasteiger partial charge in [0.15, 0.2) is 0 Å². The molecule has 7 nitrogen and oxygen atoms in total. The molecule has 0 amide bonds. The first-order valence-corrected chi connectivity index (χ1v) is 7.72. The lowest BCUT2D eigenvalue weighted by atomic mass is 10.1. The van der Waals surface area contributed by atoms with E-state index in [1.807, 2.05) is 6.92 Å². The molecule has 0 spiro atoms. The Hall–Kier alpha value is -3.97. The summed E-state index contributed by atoms with van der Waals surface area (Å²) in [6.45, 7) is 3.61. The molecule has 0 unspecified atom stereocenters. The van der Waals surface area contributed by atoms with Gasteiger partial charge in [0.05, 0.1) is 34.7 Å². The van der Waals surface area contributed by atoms with Crippen molar-refractivity contribution in [3.05, 3.63) is 70.8 Å². The van der Waals surface area contributed by atoms with Crippen LogP contribution in [-0.2, 0) is 0 Å². The number of hydrogen-bond acceptors (Lipinski definition) is 5. The third-order valence-corrected chi connectivity index (χ3v) is 3.51. The lowest BCUT2D eigenvalue weighted by molar-refractivity contribution is 0.983. The van der Waals surface area contributed by atoms with Crippen LogP contribution in [0.3, 0.4) is 0 Å². The minimum Gasteiger partial charge on any atom is -0.367 e. The second kappa shape index (κ2) is 8.76. The van der Waals surface area contributed by atoms with Gasteiger partial charge >= 0.3 is 0 Å². The Bertz CT molecular complexity index is 937. The molecule has 3 N–H and O–H groups in total. The molecule has 128 valence electrons. The Balaban J connectivity index is 2.04. The summed E-state index contributed by atoms with van der Waals surface area (Å²) in [5.41, 5.74) is 12.6. The number of nitrogens with zero attached hydrogens (tertiary/aromatic N) is 5. The van der Waals surface area contributed by atoms with Gasteiger partial charge in [0, 0.05) is 0 Å². The number of hydrogen-bond donors (Lipinski definition) is 2. The second-order valence-corrected chi connectivity index (χ2v) is 5.36. The molecule has 0 aliphatic heterocycles. The third kappa shape index (κ3) is 5.02. The summed E-state index contributed by atoms with van der Waals surface area (Å²) < 4.78 is 0. The maximum absolute atomic E-state index is 8.80. The van der Waals surface area contributed by atoms with Crippen molar-refractivity contribution < 1.29 is 0 Å². The summed E-state index contributed by atoms with van der Waals surface area (Å²) in [6, 6.07) is 18.2. The van der Waals surface area contributed by atoms with Gasteiger partial charge in [-0.05, 0) is 49.2 Å². The van der Waals surface area contributed by atoms with Gasteiger partial charge in [0.2, 0.25) is 5.96 Å². The number of benzene rings is 2. The van der Waals surface area contributed by atoms with Crippen LogP contribution in [0.5, 0.6) is 0 Å². The van der Waals surface area contributed by atoms with E-state index in [0.717, 1.165) is 11.1 Å². The van der Waals surface area contributed by atoms with Gasteiger partial charge < -0.3 is 5.73 Å². The highest BCUT2D eigenvalue weighted by molar-refractivity contribution is 6.00. The van der Waals surface area contributed by atoms with Gasteiger partial charge in [-0.2, -0.15) is 20.7 Å². The van der Waals surface area contributed by atoms with Crippen LogP contribution >= 0.6 is 0 Å². The predicted molar refractivity (Wildman–Crippen MR) is 101 cm³/mol. The van der Waals surface area contributed by atoms with E-state index < -0.39 is 0 Å². The largest absolute Gasteiger partial charge is 0.367 e. The first kappa shape index (κ1) is 18.4. The van der Waals surface area contributed by atoms with E-state index in [9.17, 15) is 0 Å². The summed E-state index contributed by atoms with van der Waals surface area (Å²) in [5.74, 6) is 0.0472. The molecule has 0 saturated carbocycles. The van der Waals surface area contributed by atoms with Gasteiger partial charge in [0.25, 0.3) is 0 Å². The molecule has 0 aliphatic carbocycles. The van der Waals surface area contributed by atoms with Crippen molar-refractivity contribution >= 4 is 17.4 Å². The Morgan fingerprint density at radius 2 is 1.27 bits per heavy atom. The Morgan fingerprint density at radius 1 is 0.808 bits per heavy atom. The van der Waals surface area contributed by atoms with Gasteiger partial charge in [-0.25, -0.2) is 5.43 Å². The lowest BCUT2D eigenvalue weighted by Crippen LogP contribution is -2.27. The first-order chi connectivity index (χ1) is 12.5.